The largest absolute Gasteiger partial charge is 0.426 e. The highest BCUT2D eigenvalue weighted by molar-refractivity contribution is 4.91. The molecule has 2 nitrogen and oxygen atoms in total. The summed E-state index contributed by atoms with van der Waals surface area (Å²) >= 11 is 0. The second-order valence-electron chi connectivity index (χ2n) is 2.67. The number of hydrogen-bond acceptors (Lipinski definition) is 2. The van der Waals surface area contributed by atoms with Crippen LogP contribution in [-0.4, -0.2) is 31.1 Å². The molecule has 0 fully saturated rings. The molecule has 0 saturated heterocycles. The lowest BCUT2D eigenvalue weighted by Crippen LogP contribution is -2.56. The molecule has 0 radical (unpaired) electrons. The van der Waals surface area contributed by atoms with Crippen LogP contribution in [0, 0.1) is 0 Å². The van der Waals surface area contributed by atoms with E-state index >= 15 is 0 Å². The molecule has 0 aliphatic carbocycles. The van der Waals surface area contributed by atoms with Crippen LogP contribution >= 0.6 is 0 Å². The predicted octanol–water partition coefficient (Wildman–Crippen LogP) is 1.84. The third-order valence-electron chi connectivity index (χ3n) is 1.59. The Hall–Kier alpha value is -0.500. The molecule has 0 rings (SSSR count). The van der Waals surface area contributed by atoms with Gasteiger partial charge in [0, 0.05) is 6.54 Å². The summed E-state index contributed by atoms with van der Waals surface area (Å²) in [6, 6.07) is 0. The molecule has 86 valence electrons. The Kier molecular flexibility index (Phi) is 3.79. The first kappa shape index (κ1) is 13.5. The second kappa shape index (κ2) is 3.93. The summed E-state index contributed by atoms with van der Waals surface area (Å²) in [6.45, 7) is -1.29. The summed E-state index contributed by atoms with van der Waals surface area (Å²) in [4.78, 5) is 0. The first-order chi connectivity index (χ1) is 6.06. The van der Waals surface area contributed by atoms with Crippen LogP contribution in [0.2, 0.25) is 0 Å². The molecule has 0 aromatic carbocycles. The molecular weight excluding hydrogens is 216 g/mol. The van der Waals surface area contributed by atoms with Crippen molar-refractivity contribution < 1.29 is 31.1 Å². The normalized spacial score (nSPS) is 14.6. The Labute approximate surface area is 76.0 Å². The minimum Gasteiger partial charge on any atom is -0.357 e. The van der Waals surface area contributed by atoms with E-state index in [2.05, 4.69) is 4.74 Å². The summed E-state index contributed by atoms with van der Waals surface area (Å²) in [7, 11) is 0. The first-order valence-corrected chi connectivity index (χ1v) is 3.53. The van der Waals surface area contributed by atoms with Crippen LogP contribution < -0.4 is 5.73 Å². The fourth-order valence-electron chi connectivity index (χ4n) is 0.587. The molecule has 0 aromatic rings. The van der Waals surface area contributed by atoms with Gasteiger partial charge in [0.25, 0.3) is 5.60 Å². The predicted molar refractivity (Wildman–Crippen MR) is 35.5 cm³/mol. The van der Waals surface area contributed by atoms with Gasteiger partial charge >= 0.3 is 12.4 Å². The quantitative estimate of drug-likeness (QED) is 0.744. The number of ether oxygens (including phenoxy) is 1. The minimum atomic E-state index is -5.51. The summed E-state index contributed by atoms with van der Waals surface area (Å²) in [6.07, 6.45) is -11.0. The molecule has 0 aliphatic rings. The van der Waals surface area contributed by atoms with Gasteiger partial charge < -0.3 is 10.5 Å². The van der Waals surface area contributed by atoms with Crippen molar-refractivity contribution in [2.24, 2.45) is 5.73 Å². The average molecular weight is 225 g/mol. The molecular formula is C6H9F6NO. The molecule has 0 aliphatic heterocycles. The molecule has 0 saturated carbocycles. The third kappa shape index (κ3) is 2.50. The monoisotopic (exact) mass is 225 g/mol. The van der Waals surface area contributed by atoms with Crippen molar-refractivity contribution in [3.05, 3.63) is 0 Å². The molecule has 0 atom stereocenters. The smallest absolute Gasteiger partial charge is 0.357 e. The molecule has 0 aromatic heterocycles. The molecule has 0 bridgehead atoms. The van der Waals surface area contributed by atoms with Gasteiger partial charge in [-0.2, -0.15) is 26.3 Å². The third-order valence-corrected chi connectivity index (χ3v) is 1.59. The van der Waals surface area contributed by atoms with Gasteiger partial charge in [0.1, 0.15) is 0 Å². The zero-order valence-corrected chi connectivity index (χ0v) is 7.17. The second-order valence-corrected chi connectivity index (χ2v) is 2.67. The Balaban J connectivity index is 4.87. The number of alkyl halides is 6. The Morgan fingerprint density at radius 2 is 1.36 bits per heavy atom. The van der Waals surface area contributed by atoms with Crippen LogP contribution in [0.3, 0.4) is 0 Å². The number of rotatable bonds is 3. The Morgan fingerprint density at radius 1 is 1.00 bits per heavy atom. The zero-order chi connectivity index (χ0) is 11.6. The molecule has 2 N–H and O–H groups in total. The lowest BCUT2D eigenvalue weighted by atomic mass is 10.1. The van der Waals surface area contributed by atoms with Crippen molar-refractivity contribution in [1.82, 2.24) is 0 Å². The maximum absolute atomic E-state index is 12.0. The van der Waals surface area contributed by atoms with Crippen LogP contribution in [0.1, 0.15) is 6.92 Å². The lowest BCUT2D eigenvalue weighted by Gasteiger charge is -2.33. The van der Waals surface area contributed by atoms with Crippen LogP contribution in [-0.2, 0) is 4.74 Å². The molecule has 8 heteroatoms. The first-order valence-electron chi connectivity index (χ1n) is 3.53. The maximum Gasteiger partial charge on any atom is 0.426 e. The van der Waals surface area contributed by atoms with E-state index in [0.717, 1.165) is 0 Å². The molecule has 0 spiro atoms. The van der Waals surface area contributed by atoms with Gasteiger partial charge in [-0.05, 0) is 6.92 Å². The number of hydrogen-bond donors (Lipinski definition) is 1. The van der Waals surface area contributed by atoms with Gasteiger partial charge in [-0.1, -0.05) is 0 Å². The zero-order valence-electron chi connectivity index (χ0n) is 7.17. The molecule has 14 heavy (non-hydrogen) atoms. The summed E-state index contributed by atoms with van der Waals surface area (Å²) < 4.78 is 76.0. The van der Waals surface area contributed by atoms with Gasteiger partial charge in [0.15, 0.2) is 0 Å². The molecule has 0 amide bonds. The van der Waals surface area contributed by atoms with E-state index in [9.17, 15) is 26.3 Å². The fourth-order valence-corrected chi connectivity index (χ4v) is 0.587. The fraction of sp³-hybridized carbons (Fsp3) is 1.00. The van der Waals surface area contributed by atoms with Gasteiger partial charge in [-0.25, -0.2) is 0 Å². The highest BCUT2D eigenvalue weighted by Crippen LogP contribution is 2.45. The van der Waals surface area contributed by atoms with Crippen LogP contribution in [0.5, 0.6) is 0 Å². The maximum atomic E-state index is 12.0. The standard InChI is InChI=1S/C6H9F6NO/c1-4(5(7,8)9,6(10,11)12)14-3-2-13/h2-3,13H2,1H3. The van der Waals surface area contributed by atoms with E-state index in [1.165, 1.54) is 0 Å². The highest BCUT2D eigenvalue weighted by Gasteiger charge is 2.69. The van der Waals surface area contributed by atoms with Gasteiger partial charge in [-0.15, -0.1) is 0 Å². The minimum absolute atomic E-state index is 0.0668. The average Bonchev–Trinajstić information content (AvgIpc) is 1.95. The summed E-state index contributed by atoms with van der Waals surface area (Å²) in [5.41, 5.74) is 0.609. The van der Waals surface area contributed by atoms with Crippen molar-refractivity contribution in [2.45, 2.75) is 24.9 Å². The number of nitrogens with two attached hydrogens (primary N) is 1. The van der Waals surface area contributed by atoms with Gasteiger partial charge in [0.05, 0.1) is 6.61 Å². The van der Waals surface area contributed by atoms with E-state index in [-0.39, 0.29) is 6.92 Å². The van der Waals surface area contributed by atoms with Gasteiger partial charge in [0.2, 0.25) is 0 Å². The molecule has 0 heterocycles. The SMILES string of the molecule is CC(OCCN)(C(F)(F)F)C(F)(F)F. The van der Waals surface area contributed by atoms with E-state index in [4.69, 9.17) is 5.73 Å². The van der Waals surface area contributed by atoms with Crippen LogP contribution in [0.4, 0.5) is 26.3 Å². The van der Waals surface area contributed by atoms with E-state index < -0.39 is 31.1 Å². The Bertz CT molecular complexity index is 172. The van der Waals surface area contributed by atoms with Crippen LogP contribution in [0.25, 0.3) is 0 Å². The van der Waals surface area contributed by atoms with E-state index in [0.29, 0.717) is 0 Å². The Morgan fingerprint density at radius 3 is 1.57 bits per heavy atom. The van der Waals surface area contributed by atoms with E-state index in [1.54, 1.807) is 0 Å². The van der Waals surface area contributed by atoms with Crippen molar-refractivity contribution in [3.63, 3.8) is 0 Å². The van der Waals surface area contributed by atoms with Crippen molar-refractivity contribution in [3.8, 4) is 0 Å². The van der Waals surface area contributed by atoms with Crippen molar-refractivity contribution >= 4 is 0 Å². The van der Waals surface area contributed by atoms with Gasteiger partial charge in [-0.3, -0.25) is 0 Å². The molecule has 0 unspecified atom stereocenters. The summed E-state index contributed by atoms with van der Waals surface area (Å²) in [5, 5.41) is 0. The highest BCUT2D eigenvalue weighted by atomic mass is 19.4. The topological polar surface area (TPSA) is 35.2 Å². The van der Waals surface area contributed by atoms with Crippen molar-refractivity contribution in [1.29, 1.82) is 0 Å². The number of halogens is 6. The van der Waals surface area contributed by atoms with E-state index in [1.807, 2.05) is 0 Å². The van der Waals surface area contributed by atoms with Crippen molar-refractivity contribution in [2.75, 3.05) is 13.2 Å². The summed E-state index contributed by atoms with van der Waals surface area (Å²) in [5.74, 6) is 0. The van der Waals surface area contributed by atoms with Crippen LogP contribution in [0.15, 0.2) is 0 Å². The lowest BCUT2D eigenvalue weighted by molar-refractivity contribution is -0.373.